The summed E-state index contributed by atoms with van der Waals surface area (Å²) in [5, 5.41) is 0. The highest BCUT2D eigenvalue weighted by atomic mass is 16.6. The van der Waals surface area contributed by atoms with E-state index in [0.29, 0.717) is 0 Å². The van der Waals surface area contributed by atoms with E-state index in [4.69, 9.17) is 4.74 Å². The molecule has 0 spiro atoms. The Morgan fingerprint density at radius 2 is 2.08 bits per heavy atom. The van der Waals surface area contributed by atoms with Gasteiger partial charge in [-0.25, -0.2) is 0 Å². The van der Waals surface area contributed by atoms with Crippen LogP contribution < -0.4 is 4.74 Å². The lowest BCUT2D eigenvalue weighted by Gasteiger charge is -2.01. The van der Waals surface area contributed by atoms with Gasteiger partial charge in [0.1, 0.15) is 0 Å². The van der Waals surface area contributed by atoms with E-state index in [2.05, 4.69) is 26.0 Å². The van der Waals surface area contributed by atoms with E-state index in [1.54, 1.807) is 0 Å². The minimum absolute atomic E-state index is 1.09. The maximum Gasteiger partial charge on any atom is 0.173 e. The highest BCUT2D eigenvalue weighted by Gasteiger charge is 2.24. The third-order valence-corrected chi connectivity index (χ3v) is 2.36. The average Bonchev–Trinajstić information content (AvgIpc) is 2.83. The lowest BCUT2D eigenvalue weighted by Crippen LogP contribution is -1.88. The summed E-state index contributed by atoms with van der Waals surface area (Å²) in [5.41, 5.74) is 2.89. The van der Waals surface area contributed by atoms with Crippen LogP contribution in [-0.2, 0) is 12.8 Å². The predicted octanol–water partition coefficient (Wildman–Crippen LogP) is 3.31. The molecule has 1 nitrogen and oxygen atoms in total. The molecule has 1 aromatic carbocycles. The van der Waals surface area contributed by atoms with Gasteiger partial charge in [0.2, 0.25) is 0 Å². The molecule has 64 valence electrons. The highest BCUT2D eigenvalue weighted by molar-refractivity contribution is 5.61. The number of rotatable bonds is 3. The molecule has 0 N–H and O–H groups in total. The zero-order valence-electron chi connectivity index (χ0n) is 7.68. The summed E-state index contributed by atoms with van der Waals surface area (Å²) in [7, 11) is 0. The normalized spacial score (nSPS) is 12.2. The number of fused-ring (bicyclic) bond motifs is 1. The zero-order chi connectivity index (χ0) is 8.55. The van der Waals surface area contributed by atoms with Crippen LogP contribution in [0.2, 0.25) is 0 Å². The second-order valence-electron chi connectivity index (χ2n) is 3.24. The highest BCUT2D eigenvalue weighted by Crippen LogP contribution is 2.49. The van der Waals surface area contributed by atoms with E-state index in [-0.39, 0.29) is 0 Å². The molecule has 0 aliphatic carbocycles. The van der Waals surface area contributed by atoms with Crippen molar-refractivity contribution >= 4 is 0 Å². The molecule has 1 heteroatoms. The van der Waals surface area contributed by atoms with Crippen LogP contribution in [0.5, 0.6) is 11.5 Å². The number of hydrogen-bond donors (Lipinski definition) is 0. The average molecular weight is 162 g/mol. The largest absolute Gasteiger partial charge is 0.449 e. The molecule has 0 fully saturated rings. The fourth-order valence-corrected chi connectivity index (χ4v) is 1.72. The van der Waals surface area contributed by atoms with Crippen molar-refractivity contribution in [1.82, 2.24) is 0 Å². The molecule has 0 amide bonds. The van der Waals surface area contributed by atoms with E-state index < -0.39 is 0 Å². The summed E-state index contributed by atoms with van der Waals surface area (Å²) in [6.07, 6.45) is 3.49. The monoisotopic (exact) mass is 162 g/mol. The number of ether oxygens (including phenoxy) is 1. The number of benzene rings is 1. The number of hydrogen-bond acceptors (Lipinski definition) is 1. The Balaban J connectivity index is 2.35. The van der Waals surface area contributed by atoms with E-state index in [0.717, 1.165) is 17.9 Å². The lowest BCUT2D eigenvalue weighted by molar-refractivity contribution is 0.643. The van der Waals surface area contributed by atoms with Crippen molar-refractivity contribution < 1.29 is 4.74 Å². The fraction of sp³-hybridized carbons (Fsp3) is 0.455. The van der Waals surface area contributed by atoms with Crippen LogP contribution in [-0.4, -0.2) is 0 Å². The zero-order valence-corrected chi connectivity index (χ0v) is 7.68. The fourth-order valence-electron chi connectivity index (χ4n) is 1.72. The van der Waals surface area contributed by atoms with Crippen LogP contribution in [0.4, 0.5) is 0 Å². The minimum atomic E-state index is 1.09. The van der Waals surface area contributed by atoms with Crippen LogP contribution in [0, 0.1) is 0 Å². The topological polar surface area (TPSA) is 12.5 Å². The van der Waals surface area contributed by atoms with Crippen LogP contribution >= 0.6 is 0 Å². The molecule has 0 saturated carbocycles. The van der Waals surface area contributed by atoms with Crippen molar-refractivity contribution in [2.45, 2.75) is 33.1 Å². The molecule has 0 saturated heterocycles. The number of aryl methyl sites for hydroxylation is 1. The lowest BCUT2D eigenvalue weighted by atomic mass is 10.0. The van der Waals surface area contributed by atoms with Crippen molar-refractivity contribution in [3.8, 4) is 11.5 Å². The first kappa shape index (κ1) is 7.66. The first-order valence-corrected chi connectivity index (χ1v) is 4.69. The van der Waals surface area contributed by atoms with Crippen molar-refractivity contribution in [3.63, 3.8) is 0 Å². The second kappa shape index (κ2) is 2.81. The van der Waals surface area contributed by atoms with Crippen molar-refractivity contribution in [1.29, 1.82) is 0 Å². The van der Waals surface area contributed by atoms with Gasteiger partial charge in [0.15, 0.2) is 11.5 Å². The summed E-state index contributed by atoms with van der Waals surface area (Å²) >= 11 is 0. The summed E-state index contributed by atoms with van der Waals surface area (Å²) < 4.78 is 5.35. The third kappa shape index (κ3) is 1.09. The van der Waals surface area contributed by atoms with Crippen LogP contribution in [0.1, 0.15) is 31.4 Å². The SMILES string of the molecule is CCCc1ccc2c(c1CC)O2. The van der Waals surface area contributed by atoms with Gasteiger partial charge in [-0.3, -0.25) is 0 Å². The quantitative estimate of drug-likeness (QED) is 0.631. The Morgan fingerprint density at radius 1 is 1.25 bits per heavy atom. The van der Waals surface area contributed by atoms with Crippen LogP contribution in [0.15, 0.2) is 12.1 Å². The first-order valence-electron chi connectivity index (χ1n) is 4.69. The summed E-state index contributed by atoms with van der Waals surface area (Å²) in [6, 6.07) is 4.29. The third-order valence-electron chi connectivity index (χ3n) is 2.36. The predicted molar refractivity (Wildman–Crippen MR) is 49.9 cm³/mol. The van der Waals surface area contributed by atoms with E-state index in [1.807, 2.05) is 0 Å². The second-order valence-corrected chi connectivity index (χ2v) is 3.24. The maximum atomic E-state index is 5.35. The summed E-state index contributed by atoms with van der Waals surface area (Å²) in [4.78, 5) is 0. The Bertz CT molecular complexity index is 302. The molecular formula is C11H14O. The van der Waals surface area contributed by atoms with Gasteiger partial charge < -0.3 is 4.74 Å². The van der Waals surface area contributed by atoms with Gasteiger partial charge in [-0.15, -0.1) is 0 Å². The molecule has 0 unspecified atom stereocenters. The van der Waals surface area contributed by atoms with Gasteiger partial charge in [0.25, 0.3) is 0 Å². The van der Waals surface area contributed by atoms with Gasteiger partial charge >= 0.3 is 0 Å². The Morgan fingerprint density at radius 3 is 2.75 bits per heavy atom. The van der Waals surface area contributed by atoms with E-state index in [1.165, 1.54) is 24.0 Å². The molecule has 0 radical (unpaired) electrons. The van der Waals surface area contributed by atoms with Crippen molar-refractivity contribution in [3.05, 3.63) is 23.3 Å². The van der Waals surface area contributed by atoms with Crippen LogP contribution in [0.25, 0.3) is 0 Å². The van der Waals surface area contributed by atoms with Crippen molar-refractivity contribution in [2.75, 3.05) is 0 Å². The molecule has 1 aliphatic rings. The van der Waals surface area contributed by atoms with Gasteiger partial charge in [0, 0.05) is 5.56 Å². The first-order chi connectivity index (χ1) is 5.86. The van der Waals surface area contributed by atoms with E-state index in [9.17, 15) is 0 Å². The molecule has 0 bridgehead atoms. The molecular weight excluding hydrogens is 148 g/mol. The molecule has 0 atom stereocenters. The standard InChI is InChI=1S/C11H14O/c1-3-5-8-6-7-10-11(12-10)9(8)4-2/h6-7H,3-5H2,1-2H3. The Kier molecular flexibility index (Phi) is 1.80. The van der Waals surface area contributed by atoms with Gasteiger partial charge in [-0.05, 0) is 24.5 Å². The van der Waals surface area contributed by atoms with Crippen molar-refractivity contribution in [2.24, 2.45) is 0 Å². The Hall–Kier alpha value is -0.980. The van der Waals surface area contributed by atoms with Gasteiger partial charge in [-0.1, -0.05) is 26.3 Å². The van der Waals surface area contributed by atoms with Gasteiger partial charge in [-0.2, -0.15) is 0 Å². The molecule has 2 rings (SSSR count). The summed E-state index contributed by atoms with van der Waals surface area (Å²) in [6.45, 7) is 4.40. The molecule has 1 aromatic rings. The van der Waals surface area contributed by atoms with Crippen LogP contribution in [0.3, 0.4) is 0 Å². The van der Waals surface area contributed by atoms with Gasteiger partial charge in [0.05, 0.1) is 0 Å². The molecule has 0 aromatic heterocycles. The molecule has 1 aliphatic heterocycles. The van der Waals surface area contributed by atoms with E-state index >= 15 is 0 Å². The molecule has 1 heterocycles. The Labute approximate surface area is 73.4 Å². The maximum absolute atomic E-state index is 5.35. The summed E-state index contributed by atoms with van der Waals surface area (Å²) in [5.74, 6) is 2.25. The minimum Gasteiger partial charge on any atom is -0.449 e. The molecule has 12 heavy (non-hydrogen) atoms. The smallest absolute Gasteiger partial charge is 0.173 e.